The third-order valence-corrected chi connectivity index (χ3v) is 6.35. The average Bonchev–Trinajstić information content (AvgIpc) is 3.39. The van der Waals surface area contributed by atoms with Crippen molar-refractivity contribution >= 4 is 46.9 Å². The Hall–Kier alpha value is -2.75. The van der Waals surface area contributed by atoms with Gasteiger partial charge in [0.1, 0.15) is 5.75 Å². The summed E-state index contributed by atoms with van der Waals surface area (Å²) < 4.78 is 7.32. The molecule has 11 heteroatoms. The van der Waals surface area contributed by atoms with Crippen LogP contribution in [0.2, 0.25) is 10.0 Å². The largest absolute Gasteiger partial charge is 0.495 e. The third kappa shape index (κ3) is 4.41. The fourth-order valence-electron chi connectivity index (χ4n) is 3.33. The highest BCUT2D eigenvalue weighted by molar-refractivity contribution is 8.00. The van der Waals surface area contributed by atoms with Crippen LogP contribution in [0.3, 0.4) is 0 Å². The number of urea groups is 1. The number of rotatable bonds is 6. The van der Waals surface area contributed by atoms with Gasteiger partial charge < -0.3 is 10.1 Å². The van der Waals surface area contributed by atoms with E-state index < -0.39 is 5.25 Å². The molecule has 0 radical (unpaired) electrons. The number of halogens is 2. The van der Waals surface area contributed by atoms with Gasteiger partial charge in [0, 0.05) is 28.7 Å². The second kappa shape index (κ2) is 9.40. The number of aromatic nitrogens is 3. The monoisotopic (exact) mass is 491 g/mol. The van der Waals surface area contributed by atoms with Crippen LogP contribution in [0.1, 0.15) is 6.92 Å². The normalized spacial score (nSPS) is 14.4. The lowest BCUT2D eigenvalue weighted by Gasteiger charge is -2.18. The second-order valence-electron chi connectivity index (χ2n) is 6.95. The zero-order valence-corrected chi connectivity index (χ0v) is 19.5. The first kappa shape index (κ1) is 22.4. The Morgan fingerprint density at radius 2 is 1.97 bits per heavy atom. The number of hydrogen-bond acceptors (Lipinski definition) is 6. The summed E-state index contributed by atoms with van der Waals surface area (Å²) >= 11 is 13.7. The second-order valence-corrected chi connectivity index (χ2v) is 9.13. The molecule has 1 aliphatic rings. The van der Waals surface area contributed by atoms with Crippen LogP contribution >= 0.6 is 35.0 Å². The number of hydrogen-bond donors (Lipinski definition) is 1. The van der Waals surface area contributed by atoms with E-state index in [1.807, 2.05) is 12.1 Å². The van der Waals surface area contributed by atoms with Gasteiger partial charge in [-0.1, -0.05) is 47.1 Å². The van der Waals surface area contributed by atoms with Gasteiger partial charge in [0.2, 0.25) is 5.91 Å². The van der Waals surface area contributed by atoms with Crippen LogP contribution in [0.4, 0.5) is 4.79 Å². The molecule has 1 aliphatic heterocycles. The molecule has 1 unspecified atom stereocenters. The zero-order valence-electron chi connectivity index (χ0n) is 17.2. The zero-order chi connectivity index (χ0) is 22.8. The number of carbonyl (C=O) groups is 2. The Morgan fingerprint density at radius 3 is 2.66 bits per heavy atom. The van der Waals surface area contributed by atoms with Gasteiger partial charge >= 0.3 is 6.03 Å². The molecule has 0 saturated carbocycles. The molecular weight excluding hydrogens is 473 g/mol. The van der Waals surface area contributed by atoms with Crippen LogP contribution < -0.4 is 10.1 Å². The molecule has 4 rings (SSSR count). The summed E-state index contributed by atoms with van der Waals surface area (Å²) in [6, 6.07) is 12.0. The van der Waals surface area contributed by atoms with Crippen molar-refractivity contribution in [3.05, 3.63) is 52.5 Å². The number of nitrogens with one attached hydrogen (secondary N) is 1. The van der Waals surface area contributed by atoms with Gasteiger partial charge in [-0.3, -0.25) is 14.3 Å². The third-order valence-electron chi connectivity index (χ3n) is 4.85. The molecule has 0 aliphatic carbocycles. The maximum atomic E-state index is 12.8. The van der Waals surface area contributed by atoms with Crippen molar-refractivity contribution in [3.63, 3.8) is 0 Å². The van der Waals surface area contributed by atoms with Gasteiger partial charge in [0.25, 0.3) is 0 Å². The standard InChI is InChI=1S/C21H19Cl2N5O3S/c1-12(19(29)27-9-8-24-20(27)30)32-21-26-25-18(13-4-3-5-14(22)10-13)28(21)16-11-15(23)6-7-17(16)31-2/h3-7,10-12H,8-9H2,1-2H3,(H,24,30). The van der Waals surface area contributed by atoms with Gasteiger partial charge in [0.05, 0.1) is 18.0 Å². The molecule has 1 aromatic heterocycles. The van der Waals surface area contributed by atoms with Crippen molar-refractivity contribution < 1.29 is 14.3 Å². The molecule has 32 heavy (non-hydrogen) atoms. The minimum atomic E-state index is -0.584. The molecule has 3 aromatic rings. The van der Waals surface area contributed by atoms with E-state index in [1.165, 1.54) is 16.7 Å². The maximum Gasteiger partial charge on any atom is 0.324 e. The minimum absolute atomic E-state index is 0.304. The van der Waals surface area contributed by atoms with Crippen molar-refractivity contribution in [2.75, 3.05) is 20.2 Å². The van der Waals surface area contributed by atoms with Gasteiger partial charge in [-0.2, -0.15) is 0 Å². The van der Waals surface area contributed by atoms with Crippen molar-refractivity contribution in [2.24, 2.45) is 0 Å². The fraction of sp³-hybridized carbons (Fsp3) is 0.238. The number of carbonyl (C=O) groups excluding carboxylic acids is 2. The van der Waals surface area contributed by atoms with Gasteiger partial charge in [0.15, 0.2) is 11.0 Å². The Bertz CT molecular complexity index is 1190. The van der Waals surface area contributed by atoms with Crippen LogP contribution in [0.15, 0.2) is 47.6 Å². The minimum Gasteiger partial charge on any atom is -0.495 e. The number of methoxy groups -OCH3 is 1. The molecule has 0 spiro atoms. The highest BCUT2D eigenvalue weighted by Crippen LogP contribution is 2.36. The van der Waals surface area contributed by atoms with Crippen LogP contribution in [-0.2, 0) is 4.79 Å². The quantitative estimate of drug-likeness (QED) is 0.517. The lowest BCUT2D eigenvalue weighted by molar-refractivity contribution is -0.126. The molecule has 2 heterocycles. The predicted molar refractivity (Wildman–Crippen MR) is 124 cm³/mol. The molecular formula is C21H19Cl2N5O3S. The summed E-state index contributed by atoms with van der Waals surface area (Å²) in [6.45, 7) is 2.51. The van der Waals surface area contributed by atoms with Gasteiger partial charge in [-0.25, -0.2) is 4.79 Å². The van der Waals surface area contributed by atoms with E-state index in [0.29, 0.717) is 45.6 Å². The highest BCUT2D eigenvalue weighted by atomic mass is 35.5. The number of benzene rings is 2. The van der Waals surface area contributed by atoms with E-state index in [2.05, 4.69) is 15.5 Å². The Balaban J connectivity index is 1.79. The molecule has 1 atom stereocenters. The van der Waals surface area contributed by atoms with Gasteiger partial charge in [-0.05, 0) is 37.3 Å². The number of ether oxygens (including phenoxy) is 1. The first-order valence-electron chi connectivity index (χ1n) is 9.70. The van der Waals surface area contributed by atoms with E-state index in [4.69, 9.17) is 27.9 Å². The maximum absolute atomic E-state index is 12.8. The molecule has 1 fully saturated rings. The van der Waals surface area contributed by atoms with Crippen LogP contribution in [0, 0.1) is 0 Å². The van der Waals surface area contributed by atoms with Crippen LogP contribution in [0.25, 0.3) is 17.1 Å². The number of thioether (sulfide) groups is 1. The summed E-state index contributed by atoms with van der Waals surface area (Å²) in [6.07, 6.45) is 0. The molecule has 1 saturated heterocycles. The molecule has 3 amide bonds. The van der Waals surface area contributed by atoms with Gasteiger partial charge in [-0.15, -0.1) is 10.2 Å². The summed E-state index contributed by atoms with van der Waals surface area (Å²) in [5.41, 5.74) is 1.35. The first-order chi connectivity index (χ1) is 15.4. The number of nitrogens with zero attached hydrogens (tertiary/aromatic N) is 4. The lowest BCUT2D eigenvalue weighted by Crippen LogP contribution is -2.39. The van der Waals surface area contributed by atoms with E-state index in [1.54, 1.807) is 48.9 Å². The van der Waals surface area contributed by atoms with Crippen molar-refractivity contribution in [1.82, 2.24) is 25.0 Å². The smallest absolute Gasteiger partial charge is 0.324 e. The predicted octanol–water partition coefficient (Wildman–Crippen LogP) is 4.28. The SMILES string of the molecule is COc1ccc(Cl)cc1-n1c(SC(C)C(=O)N2CCNC2=O)nnc1-c1cccc(Cl)c1. The summed E-state index contributed by atoms with van der Waals surface area (Å²) in [7, 11) is 1.56. The van der Waals surface area contributed by atoms with Crippen LogP contribution in [0.5, 0.6) is 5.75 Å². The summed E-state index contributed by atoms with van der Waals surface area (Å²) in [5.74, 6) is 0.758. The number of imide groups is 1. The Morgan fingerprint density at radius 1 is 1.19 bits per heavy atom. The van der Waals surface area contributed by atoms with Crippen molar-refractivity contribution in [3.8, 4) is 22.8 Å². The average molecular weight is 492 g/mol. The van der Waals surface area contributed by atoms with E-state index in [9.17, 15) is 9.59 Å². The Labute approximate surface area is 198 Å². The van der Waals surface area contributed by atoms with Crippen molar-refractivity contribution in [2.45, 2.75) is 17.3 Å². The van der Waals surface area contributed by atoms with Crippen molar-refractivity contribution in [1.29, 1.82) is 0 Å². The molecule has 8 nitrogen and oxygen atoms in total. The first-order valence-corrected chi connectivity index (χ1v) is 11.3. The molecule has 2 aromatic carbocycles. The lowest BCUT2D eigenvalue weighted by atomic mass is 10.2. The fourth-order valence-corrected chi connectivity index (χ4v) is 4.60. The highest BCUT2D eigenvalue weighted by Gasteiger charge is 2.32. The summed E-state index contributed by atoms with van der Waals surface area (Å²) in [4.78, 5) is 25.9. The topological polar surface area (TPSA) is 89.4 Å². The van der Waals surface area contributed by atoms with Crippen LogP contribution in [-0.4, -0.2) is 57.1 Å². The number of amides is 3. The molecule has 0 bridgehead atoms. The van der Waals surface area contributed by atoms with E-state index in [-0.39, 0.29) is 11.9 Å². The molecule has 1 N–H and O–H groups in total. The summed E-state index contributed by atoms with van der Waals surface area (Å²) in [5, 5.41) is 12.2. The van der Waals surface area contributed by atoms with E-state index >= 15 is 0 Å². The molecule has 166 valence electrons. The Kier molecular flexibility index (Phi) is 6.59. The van der Waals surface area contributed by atoms with E-state index in [0.717, 1.165) is 5.56 Å².